The van der Waals surface area contributed by atoms with Gasteiger partial charge >= 0.3 is 0 Å². The van der Waals surface area contributed by atoms with Gasteiger partial charge in [0.25, 0.3) is 0 Å². The molecule has 1 N–H and O–H groups in total. The maximum atomic E-state index is 9.22. The van der Waals surface area contributed by atoms with Crippen LogP contribution in [0, 0.1) is 5.92 Å². The molecule has 0 aliphatic rings. The molecule has 0 saturated carbocycles. The van der Waals surface area contributed by atoms with Crippen molar-refractivity contribution in [3.05, 3.63) is 11.8 Å². The van der Waals surface area contributed by atoms with E-state index in [2.05, 4.69) is 31.8 Å². The molecule has 0 fully saturated rings. The molecule has 0 aromatic rings. The van der Waals surface area contributed by atoms with Crippen LogP contribution in [0.15, 0.2) is 11.8 Å². The van der Waals surface area contributed by atoms with Crippen LogP contribution >= 0.6 is 0 Å². The molecular formula is C13H27OSi. The average Bonchev–Trinajstić information content (AvgIpc) is 2.21. The second-order valence-corrected chi connectivity index (χ2v) is 7.10. The van der Waals surface area contributed by atoms with Crippen LogP contribution in [0.4, 0.5) is 0 Å². The highest BCUT2D eigenvalue weighted by atomic mass is 28.3. The van der Waals surface area contributed by atoms with E-state index in [1.165, 1.54) is 32.1 Å². The third kappa shape index (κ3) is 10.2. The summed E-state index contributed by atoms with van der Waals surface area (Å²) in [5.74, 6) is 0.499. The molecule has 2 heteroatoms. The Balaban J connectivity index is 3.54. The van der Waals surface area contributed by atoms with Gasteiger partial charge in [0, 0.05) is 6.61 Å². The molecule has 1 nitrogen and oxygen atoms in total. The molecule has 0 aromatic heterocycles. The van der Waals surface area contributed by atoms with Gasteiger partial charge in [-0.05, 0) is 18.8 Å². The number of hydrogen-bond acceptors (Lipinski definition) is 1. The molecule has 1 radical (unpaired) electrons. The van der Waals surface area contributed by atoms with E-state index in [0.717, 1.165) is 6.42 Å². The Morgan fingerprint density at radius 1 is 1.20 bits per heavy atom. The van der Waals surface area contributed by atoms with Gasteiger partial charge in [0.05, 0.1) is 8.80 Å². The van der Waals surface area contributed by atoms with E-state index in [1.54, 1.807) is 0 Å². The van der Waals surface area contributed by atoms with Gasteiger partial charge in [0.15, 0.2) is 0 Å². The van der Waals surface area contributed by atoms with Crippen molar-refractivity contribution < 1.29 is 5.11 Å². The van der Waals surface area contributed by atoms with E-state index in [0.29, 0.717) is 12.5 Å². The van der Waals surface area contributed by atoms with Crippen molar-refractivity contribution in [3.8, 4) is 0 Å². The Hall–Kier alpha value is -0.0831. The molecule has 0 spiro atoms. The monoisotopic (exact) mass is 227 g/mol. The predicted octanol–water partition coefficient (Wildman–Crippen LogP) is 3.81. The van der Waals surface area contributed by atoms with Crippen LogP contribution in [0.25, 0.3) is 0 Å². The first-order valence-electron chi connectivity index (χ1n) is 6.28. The fourth-order valence-corrected chi connectivity index (χ4v) is 2.25. The molecule has 0 bridgehead atoms. The summed E-state index contributed by atoms with van der Waals surface area (Å²) < 4.78 is 0. The third-order valence-corrected chi connectivity index (χ3v) is 3.55. The molecule has 15 heavy (non-hydrogen) atoms. The van der Waals surface area contributed by atoms with Gasteiger partial charge in [0.2, 0.25) is 0 Å². The van der Waals surface area contributed by atoms with Crippen LogP contribution < -0.4 is 0 Å². The molecule has 0 rings (SSSR count). The molecule has 89 valence electrons. The minimum absolute atomic E-state index is 0.229. The fraction of sp³-hybridized carbons (Fsp3) is 0.846. The minimum atomic E-state index is -0.229. The maximum absolute atomic E-state index is 9.22. The van der Waals surface area contributed by atoms with Crippen molar-refractivity contribution >= 4 is 8.80 Å². The van der Waals surface area contributed by atoms with Crippen molar-refractivity contribution in [2.24, 2.45) is 5.92 Å². The van der Waals surface area contributed by atoms with E-state index < -0.39 is 0 Å². The van der Waals surface area contributed by atoms with Crippen LogP contribution in [0.2, 0.25) is 13.1 Å². The lowest BCUT2D eigenvalue weighted by atomic mass is 9.98. The molecule has 0 amide bonds. The van der Waals surface area contributed by atoms with Gasteiger partial charge in [-0.2, -0.15) is 0 Å². The van der Waals surface area contributed by atoms with Crippen molar-refractivity contribution in [3.63, 3.8) is 0 Å². The average molecular weight is 227 g/mol. The molecule has 0 aliphatic carbocycles. The topological polar surface area (TPSA) is 20.2 Å². The summed E-state index contributed by atoms with van der Waals surface area (Å²) >= 11 is 0. The van der Waals surface area contributed by atoms with E-state index >= 15 is 0 Å². The van der Waals surface area contributed by atoms with Crippen molar-refractivity contribution in [2.45, 2.75) is 58.5 Å². The van der Waals surface area contributed by atoms with E-state index in [4.69, 9.17) is 0 Å². The first kappa shape index (κ1) is 14.9. The zero-order chi connectivity index (χ0) is 11.5. The summed E-state index contributed by atoms with van der Waals surface area (Å²) in [6, 6.07) is 0. The predicted molar refractivity (Wildman–Crippen MR) is 70.6 cm³/mol. The highest BCUT2D eigenvalue weighted by Crippen LogP contribution is 2.14. The van der Waals surface area contributed by atoms with Crippen LogP contribution in [0.1, 0.15) is 45.4 Å². The van der Waals surface area contributed by atoms with Crippen molar-refractivity contribution in [1.82, 2.24) is 0 Å². The molecule has 0 saturated heterocycles. The largest absolute Gasteiger partial charge is 0.396 e. The number of aliphatic hydroxyl groups is 1. The Bertz CT molecular complexity index is 155. The molecule has 0 aromatic carbocycles. The SMILES string of the molecule is CCCCCCC(CO)C/C=C\[Si](C)C. The highest BCUT2D eigenvalue weighted by Gasteiger charge is 2.04. The number of rotatable bonds is 9. The van der Waals surface area contributed by atoms with Crippen LogP contribution in [0.5, 0.6) is 0 Å². The Labute approximate surface area is 97.2 Å². The van der Waals surface area contributed by atoms with Crippen molar-refractivity contribution in [1.29, 1.82) is 0 Å². The van der Waals surface area contributed by atoms with Crippen LogP contribution in [-0.2, 0) is 0 Å². The molecule has 1 unspecified atom stereocenters. The van der Waals surface area contributed by atoms with Crippen molar-refractivity contribution in [2.75, 3.05) is 6.61 Å². The quantitative estimate of drug-likeness (QED) is 0.469. The summed E-state index contributed by atoms with van der Waals surface area (Å²) in [5, 5.41) is 9.22. The first-order chi connectivity index (χ1) is 7.20. The summed E-state index contributed by atoms with van der Waals surface area (Å²) in [4.78, 5) is 0. The second kappa shape index (κ2) is 10.4. The summed E-state index contributed by atoms with van der Waals surface area (Å²) in [6.07, 6.45) is 9.77. The summed E-state index contributed by atoms with van der Waals surface area (Å²) in [5.41, 5.74) is 2.33. The zero-order valence-electron chi connectivity index (χ0n) is 10.6. The first-order valence-corrected chi connectivity index (χ1v) is 8.86. The van der Waals surface area contributed by atoms with Gasteiger partial charge in [0.1, 0.15) is 0 Å². The van der Waals surface area contributed by atoms with Gasteiger partial charge in [-0.3, -0.25) is 0 Å². The normalized spacial score (nSPS) is 13.9. The number of aliphatic hydroxyl groups excluding tert-OH is 1. The highest BCUT2D eigenvalue weighted by molar-refractivity contribution is 6.61. The van der Waals surface area contributed by atoms with Gasteiger partial charge < -0.3 is 5.11 Å². The van der Waals surface area contributed by atoms with Crippen LogP contribution in [0.3, 0.4) is 0 Å². The third-order valence-electron chi connectivity index (χ3n) is 2.64. The molecule has 1 atom stereocenters. The molecule has 0 heterocycles. The Kier molecular flexibility index (Phi) is 10.4. The zero-order valence-corrected chi connectivity index (χ0v) is 11.6. The smallest absolute Gasteiger partial charge is 0.0688 e. The van der Waals surface area contributed by atoms with Gasteiger partial charge in [-0.25, -0.2) is 0 Å². The van der Waals surface area contributed by atoms with Crippen LogP contribution in [-0.4, -0.2) is 20.5 Å². The molecule has 0 aliphatic heterocycles. The van der Waals surface area contributed by atoms with E-state index in [1.807, 2.05) is 0 Å². The lowest BCUT2D eigenvalue weighted by Crippen LogP contribution is -2.05. The molecular weight excluding hydrogens is 200 g/mol. The number of unbranched alkanes of at least 4 members (excludes halogenated alkanes) is 3. The number of hydrogen-bond donors (Lipinski definition) is 1. The van der Waals surface area contributed by atoms with E-state index in [9.17, 15) is 5.11 Å². The lowest BCUT2D eigenvalue weighted by molar-refractivity contribution is 0.216. The minimum Gasteiger partial charge on any atom is -0.396 e. The Morgan fingerprint density at radius 2 is 1.93 bits per heavy atom. The van der Waals surface area contributed by atoms with E-state index in [-0.39, 0.29) is 8.80 Å². The maximum Gasteiger partial charge on any atom is 0.0688 e. The lowest BCUT2D eigenvalue weighted by Gasteiger charge is -2.11. The van der Waals surface area contributed by atoms with Gasteiger partial charge in [-0.1, -0.05) is 51.8 Å². The number of allylic oxidation sites excluding steroid dienone is 1. The fourth-order valence-electron chi connectivity index (χ4n) is 1.64. The van der Waals surface area contributed by atoms with Gasteiger partial charge in [-0.15, -0.1) is 5.70 Å². The standard InChI is InChI=1S/C13H27OSi/c1-4-5-6-7-9-13(12-14)10-8-11-15(2)3/h8,11,13-14H,4-7,9-10,12H2,1-3H3/b11-8-. The summed E-state index contributed by atoms with van der Waals surface area (Å²) in [6.45, 7) is 7.16. The Morgan fingerprint density at radius 3 is 2.47 bits per heavy atom. The summed E-state index contributed by atoms with van der Waals surface area (Å²) in [7, 11) is -0.229. The second-order valence-electron chi connectivity index (χ2n) is 4.61.